The number of imide groups is 2. The minimum atomic E-state index is -0.970. The highest BCUT2D eigenvalue weighted by Gasteiger charge is 2.45. The van der Waals surface area contributed by atoms with Gasteiger partial charge in [0.15, 0.2) is 0 Å². The van der Waals surface area contributed by atoms with E-state index >= 15 is 0 Å². The van der Waals surface area contributed by atoms with E-state index in [9.17, 15) is 19.2 Å². The van der Waals surface area contributed by atoms with Crippen LogP contribution >= 0.6 is 0 Å². The second kappa shape index (κ2) is 7.11. The molecule has 3 rings (SSSR count). The summed E-state index contributed by atoms with van der Waals surface area (Å²) in [6, 6.07) is 7.11. The van der Waals surface area contributed by atoms with Crippen LogP contribution in [0, 0.1) is 0 Å². The van der Waals surface area contributed by atoms with Gasteiger partial charge in [-0.05, 0) is 30.4 Å². The van der Waals surface area contributed by atoms with Crippen molar-refractivity contribution in [3.8, 4) is 0 Å². The topological polar surface area (TPSA) is 78.0 Å². The Labute approximate surface area is 151 Å². The Hall–Kier alpha value is -2.96. The number of hydrogen-bond donors (Lipinski definition) is 0. The first-order chi connectivity index (χ1) is 12.5. The molecule has 7 heteroatoms. The highest BCUT2D eigenvalue weighted by atomic mass is 16.2. The Morgan fingerprint density at radius 1 is 1.23 bits per heavy atom. The van der Waals surface area contributed by atoms with Gasteiger partial charge in [-0.1, -0.05) is 30.3 Å². The fraction of sp³-hybridized carbons (Fsp3) is 0.368. The molecule has 0 aromatic heterocycles. The molecular formula is C19H21N3O4. The Morgan fingerprint density at radius 2 is 1.92 bits per heavy atom. The van der Waals surface area contributed by atoms with Crippen molar-refractivity contribution in [1.29, 1.82) is 0 Å². The maximum absolute atomic E-state index is 12.7. The number of aryl methyl sites for hydroxylation is 1. The lowest BCUT2D eigenvalue weighted by atomic mass is 9.87. The first-order valence-corrected chi connectivity index (χ1v) is 8.57. The summed E-state index contributed by atoms with van der Waals surface area (Å²) >= 11 is 0. The SMILES string of the molecule is C=CCN1C(=O)C(=O)N(CC(=O)N(C)[C@H]2CCCc3ccccc32)C1=O. The van der Waals surface area contributed by atoms with Gasteiger partial charge in [0.1, 0.15) is 6.54 Å². The molecule has 0 N–H and O–H groups in total. The van der Waals surface area contributed by atoms with Crippen LogP contribution in [0.2, 0.25) is 0 Å². The number of likely N-dealkylation sites (N-methyl/N-ethyl adjacent to an activating group) is 1. The maximum Gasteiger partial charge on any atom is 0.335 e. The van der Waals surface area contributed by atoms with E-state index in [1.165, 1.54) is 11.6 Å². The molecule has 0 radical (unpaired) electrons. The normalized spacial score (nSPS) is 19.6. The number of rotatable bonds is 5. The Balaban J connectivity index is 1.74. The average molecular weight is 355 g/mol. The molecule has 1 atom stereocenters. The van der Waals surface area contributed by atoms with Crippen LogP contribution in [0.15, 0.2) is 36.9 Å². The summed E-state index contributed by atoms with van der Waals surface area (Å²) in [6.07, 6.45) is 4.12. The van der Waals surface area contributed by atoms with E-state index in [0.717, 1.165) is 29.7 Å². The quantitative estimate of drug-likeness (QED) is 0.456. The van der Waals surface area contributed by atoms with Gasteiger partial charge in [0.05, 0.1) is 6.04 Å². The monoisotopic (exact) mass is 355 g/mol. The summed E-state index contributed by atoms with van der Waals surface area (Å²) in [5.74, 6) is -2.27. The van der Waals surface area contributed by atoms with Gasteiger partial charge in [-0.15, -0.1) is 6.58 Å². The summed E-state index contributed by atoms with van der Waals surface area (Å²) in [4.78, 5) is 51.9. The predicted molar refractivity (Wildman–Crippen MR) is 93.9 cm³/mol. The van der Waals surface area contributed by atoms with Crippen molar-refractivity contribution >= 4 is 23.8 Å². The van der Waals surface area contributed by atoms with Gasteiger partial charge in [0.2, 0.25) is 5.91 Å². The van der Waals surface area contributed by atoms with Crippen molar-refractivity contribution in [1.82, 2.24) is 14.7 Å². The number of amides is 5. The molecule has 1 aliphatic heterocycles. The van der Waals surface area contributed by atoms with Gasteiger partial charge in [0, 0.05) is 13.6 Å². The third-order valence-electron chi connectivity index (χ3n) is 4.94. The number of carbonyl (C=O) groups is 4. The summed E-state index contributed by atoms with van der Waals surface area (Å²) in [7, 11) is 1.67. The lowest BCUT2D eigenvalue weighted by Gasteiger charge is -2.34. The van der Waals surface area contributed by atoms with Crippen LogP contribution in [0.1, 0.15) is 30.0 Å². The number of benzene rings is 1. The zero-order chi connectivity index (χ0) is 18.8. The molecule has 1 aromatic rings. The van der Waals surface area contributed by atoms with Crippen LogP contribution in [-0.2, 0) is 20.8 Å². The van der Waals surface area contributed by atoms with Crippen LogP contribution in [0.4, 0.5) is 4.79 Å². The van der Waals surface area contributed by atoms with Crippen LogP contribution in [0.25, 0.3) is 0 Å². The minimum absolute atomic E-state index is 0.0556. The first kappa shape index (κ1) is 17.8. The highest BCUT2D eigenvalue weighted by Crippen LogP contribution is 2.33. The molecule has 1 saturated heterocycles. The summed E-state index contributed by atoms with van der Waals surface area (Å²) in [5, 5.41) is 0. The third-order valence-corrected chi connectivity index (χ3v) is 4.94. The molecule has 0 bridgehead atoms. The van der Waals surface area contributed by atoms with E-state index in [4.69, 9.17) is 0 Å². The van der Waals surface area contributed by atoms with Crippen molar-refractivity contribution in [2.45, 2.75) is 25.3 Å². The Bertz CT molecular complexity index is 789. The number of urea groups is 1. The smallest absolute Gasteiger partial charge is 0.335 e. The van der Waals surface area contributed by atoms with E-state index in [2.05, 4.69) is 12.6 Å². The molecule has 1 fully saturated rings. The lowest BCUT2D eigenvalue weighted by Crippen LogP contribution is -2.43. The van der Waals surface area contributed by atoms with Crippen LogP contribution in [-0.4, -0.2) is 58.6 Å². The number of fused-ring (bicyclic) bond motifs is 1. The van der Waals surface area contributed by atoms with Gasteiger partial charge < -0.3 is 4.90 Å². The summed E-state index contributed by atoms with van der Waals surface area (Å²) in [5.41, 5.74) is 2.31. The van der Waals surface area contributed by atoms with Gasteiger partial charge in [0.25, 0.3) is 0 Å². The van der Waals surface area contributed by atoms with Crippen LogP contribution in [0.3, 0.4) is 0 Å². The first-order valence-electron chi connectivity index (χ1n) is 8.57. The molecule has 0 saturated carbocycles. The Kier molecular flexibility index (Phi) is 4.88. The average Bonchev–Trinajstić information content (AvgIpc) is 2.85. The molecule has 7 nitrogen and oxygen atoms in total. The van der Waals surface area contributed by atoms with E-state index in [1.54, 1.807) is 11.9 Å². The van der Waals surface area contributed by atoms with Crippen molar-refractivity contribution in [2.24, 2.45) is 0 Å². The molecule has 0 spiro atoms. The van der Waals surface area contributed by atoms with Crippen molar-refractivity contribution in [3.63, 3.8) is 0 Å². The van der Waals surface area contributed by atoms with Crippen molar-refractivity contribution < 1.29 is 19.2 Å². The van der Waals surface area contributed by atoms with E-state index in [1.807, 2.05) is 18.2 Å². The molecule has 0 unspecified atom stereocenters. The summed E-state index contributed by atoms with van der Waals surface area (Å²) in [6.45, 7) is 2.97. The summed E-state index contributed by atoms with van der Waals surface area (Å²) < 4.78 is 0. The van der Waals surface area contributed by atoms with E-state index in [-0.39, 0.29) is 18.5 Å². The molecule has 1 heterocycles. The minimum Gasteiger partial charge on any atom is -0.337 e. The van der Waals surface area contributed by atoms with Crippen molar-refractivity contribution in [3.05, 3.63) is 48.0 Å². The fourth-order valence-electron chi connectivity index (χ4n) is 3.53. The molecular weight excluding hydrogens is 334 g/mol. The van der Waals surface area contributed by atoms with Gasteiger partial charge in [-0.25, -0.2) is 9.69 Å². The zero-order valence-electron chi connectivity index (χ0n) is 14.7. The van der Waals surface area contributed by atoms with E-state index in [0.29, 0.717) is 4.90 Å². The standard InChI is InChI=1S/C19H21N3O4/c1-3-11-21-17(24)18(25)22(19(21)26)12-16(23)20(2)15-10-6-8-13-7-4-5-9-14(13)15/h3-5,7,9,15H,1,6,8,10-12H2,2H3/t15-/m0/s1. The molecule has 5 amide bonds. The van der Waals surface area contributed by atoms with Crippen LogP contribution < -0.4 is 0 Å². The highest BCUT2D eigenvalue weighted by molar-refractivity contribution is 6.45. The zero-order valence-corrected chi connectivity index (χ0v) is 14.7. The molecule has 2 aliphatic rings. The Morgan fingerprint density at radius 3 is 2.65 bits per heavy atom. The third kappa shape index (κ3) is 3.00. The second-order valence-electron chi connectivity index (χ2n) is 6.49. The molecule has 1 aromatic carbocycles. The largest absolute Gasteiger partial charge is 0.337 e. The molecule has 26 heavy (non-hydrogen) atoms. The maximum atomic E-state index is 12.7. The van der Waals surface area contributed by atoms with Gasteiger partial charge in [-0.2, -0.15) is 0 Å². The van der Waals surface area contributed by atoms with Crippen LogP contribution in [0.5, 0.6) is 0 Å². The van der Waals surface area contributed by atoms with Crippen molar-refractivity contribution in [2.75, 3.05) is 20.1 Å². The fourth-order valence-corrected chi connectivity index (χ4v) is 3.53. The number of hydrogen-bond acceptors (Lipinski definition) is 4. The predicted octanol–water partition coefficient (Wildman–Crippen LogP) is 1.50. The van der Waals surface area contributed by atoms with Gasteiger partial charge in [-0.3, -0.25) is 19.3 Å². The van der Waals surface area contributed by atoms with E-state index < -0.39 is 24.4 Å². The molecule has 136 valence electrons. The second-order valence-corrected chi connectivity index (χ2v) is 6.49. The number of carbonyl (C=O) groups excluding carboxylic acids is 4. The van der Waals surface area contributed by atoms with Gasteiger partial charge >= 0.3 is 17.8 Å². The molecule has 1 aliphatic carbocycles. The number of nitrogens with zero attached hydrogens (tertiary/aromatic N) is 3. The lowest BCUT2D eigenvalue weighted by molar-refractivity contribution is -0.145.